The summed E-state index contributed by atoms with van der Waals surface area (Å²) >= 11 is 5.71. The van der Waals surface area contributed by atoms with Crippen molar-refractivity contribution in [3.8, 4) is 0 Å². The van der Waals surface area contributed by atoms with Crippen LogP contribution in [0.2, 0.25) is 5.15 Å². The maximum atomic E-state index is 5.71. The van der Waals surface area contributed by atoms with Gasteiger partial charge in [0, 0.05) is 6.07 Å². The van der Waals surface area contributed by atoms with E-state index in [2.05, 4.69) is 25.3 Å². The van der Waals surface area contributed by atoms with Crippen molar-refractivity contribution < 1.29 is 0 Å². The monoisotopic (exact) mass is 222 g/mol. The fourth-order valence-corrected chi connectivity index (χ4v) is 1.20. The number of aromatic nitrogens is 4. The van der Waals surface area contributed by atoms with E-state index >= 15 is 0 Å². The second kappa shape index (κ2) is 4.05. The van der Waals surface area contributed by atoms with Gasteiger partial charge in [0.15, 0.2) is 0 Å². The molecule has 0 atom stereocenters. The molecular weight excluding hydrogens is 216 g/mol. The van der Waals surface area contributed by atoms with E-state index in [0.29, 0.717) is 11.5 Å². The normalized spacial score (nSPS) is 9.93. The molecule has 0 aromatic carbocycles. The fourth-order valence-electron chi connectivity index (χ4n) is 1.01. The molecule has 2 aromatic rings. The van der Waals surface area contributed by atoms with Gasteiger partial charge < -0.3 is 11.1 Å². The minimum absolute atomic E-state index is 0.113. The van der Waals surface area contributed by atoms with Crippen molar-refractivity contribution in [1.29, 1.82) is 0 Å². The third kappa shape index (κ3) is 2.50. The molecular formula is C8H7ClN6. The molecule has 2 rings (SSSR count). The molecule has 0 aliphatic carbocycles. The summed E-state index contributed by atoms with van der Waals surface area (Å²) in [5.41, 5.74) is 6.14. The highest BCUT2D eigenvalue weighted by atomic mass is 35.5. The Hall–Kier alpha value is -1.95. The number of hydrogen-bond donors (Lipinski definition) is 2. The van der Waals surface area contributed by atoms with Gasteiger partial charge in [-0.15, -0.1) is 0 Å². The average molecular weight is 223 g/mol. The zero-order valence-electron chi connectivity index (χ0n) is 7.55. The molecule has 2 heterocycles. The van der Waals surface area contributed by atoms with E-state index in [1.54, 1.807) is 18.5 Å². The van der Waals surface area contributed by atoms with Crippen LogP contribution < -0.4 is 11.1 Å². The van der Waals surface area contributed by atoms with Gasteiger partial charge in [-0.2, -0.15) is 4.98 Å². The van der Waals surface area contributed by atoms with Gasteiger partial charge in [-0.3, -0.25) is 0 Å². The van der Waals surface area contributed by atoms with Gasteiger partial charge in [0.25, 0.3) is 0 Å². The zero-order valence-corrected chi connectivity index (χ0v) is 8.31. The van der Waals surface area contributed by atoms with Gasteiger partial charge in [0.2, 0.25) is 5.95 Å². The summed E-state index contributed by atoms with van der Waals surface area (Å²) in [5.74, 6) is 0.615. The number of nitrogens with zero attached hydrogens (tertiary/aromatic N) is 4. The van der Waals surface area contributed by atoms with Crippen LogP contribution in [0.25, 0.3) is 0 Å². The number of anilines is 3. The predicted octanol–water partition coefficient (Wildman–Crippen LogP) is 1.25. The van der Waals surface area contributed by atoms with Gasteiger partial charge in [0.1, 0.15) is 17.3 Å². The number of halogens is 1. The van der Waals surface area contributed by atoms with Crippen molar-refractivity contribution in [2.45, 2.75) is 0 Å². The van der Waals surface area contributed by atoms with Crippen LogP contribution in [0.3, 0.4) is 0 Å². The maximum Gasteiger partial charge on any atom is 0.223 e. The Bertz CT molecular complexity index is 440. The van der Waals surface area contributed by atoms with Gasteiger partial charge in [-0.05, 0) is 0 Å². The highest BCUT2D eigenvalue weighted by Gasteiger charge is 2.00. The zero-order chi connectivity index (χ0) is 10.7. The van der Waals surface area contributed by atoms with Crippen molar-refractivity contribution >= 4 is 29.1 Å². The second-order valence-electron chi connectivity index (χ2n) is 2.69. The first kappa shape index (κ1) is 9.60. The lowest BCUT2D eigenvalue weighted by Crippen LogP contribution is -2.00. The molecule has 0 bridgehead atoms. The molecule has 0 unspecified atom stereocenters. The number of nitrogens with one attached hydrogen (secondary N) is 1. The van der Waals surface area contributed by atoms with E-state index < -0.39 is 0 Å². The second-order valence-corrected chi connectivity index (χ2v) is 3.07. The molecule has 3 N–H and O–H groups in total. The minimum Gasteiger partial charge on any atom is -0.368 e. The Morgan fingerprint density at radius 1 is 1.20 bits per heavy atom. The van der Waals surface area contributed by atoms with Crippen LogP contribution in [0.5, 0.6) is 0 Å². The smallest absolute Gasteiger partial charge is 0.223 e. The Kier molecular flexibility index (Phi) is 2.59. The van der Waals surface area contributed by atoms with Crippen LogP contribution >= 0.6 is 11.6 Å². The first-order chi connectivity index (χ1) is 7.24. The summed E-state index contributed by atoms with van der Waals surface area (Å²) in [5, 5.41) is 3.22. The standard InChI is InChI=1S/C8H7ClN6/c9-6-1-7(15-8(10)14-6)13-5-2-11-4-12-3-5/h1-4H,(H3,10,13,14,15). The summed E-state index contributed by atoms with van der Waals surface area (Å²) in [6.07, 6.45) is 4.66. The van der Waals surface area contributed by atoms with E-state index in [1.807, 2.05) is 0 Å². The lowest BCUT2D eigenvalue weighted by atomic mass is 10.5. The molecule has 7 heteroatoms. The van der Waals surface area contributed by atoms with Gasteiger partial charge >= 0.3 is 0 Å². The number of nitrogen functional groups attached to an aromatic ring is 1. The van der Waals surface area contributed by atoms with E-state index in [-0.39, 0.29) is 11.1 Å². The van der Waals surface area contributed by atoms with E-state index in [1.165, 1.54) is 6.33 Å². The van der Waals surface area contributed by atoms with Crippen molar-refractivity contribution in [3.63, 3.8) is 0 Å². The largest absolute Gasteiger partial charge is 0.368 e. The Labute approximate surface area is 90.6 Å². The van der Waals surface area contributed by atoms with Gasteiger partial charge in [-0.1, -0.05) is 11.6 Å². The van der Waals surface area contributed by atoms with E-state index in [0.717, 1.165) is 0 Å². The number of rotatable bonds is 2. The summed E-state index contributed by atoms with van der Waals surface area (Å²) < 4.78 is 0. The fraction of sp³-hybridized carbons (Fsp3) is 0. The van der Waals surface area contributed by atoms with Gasteiger partial charge in [-0.25, -0.2) is 15.0 Å². The third-order valence-electron chi connectivity index (χ3n) is 1.55. The van der Waals surface area contributed by atoms with Crippen LogP contribution in [0, 0.1) is 0 Å². The lowest BCUT2D eigenvalue weighted by Gasteiger charge is -2.04. The Morgan fingerprint density at radius 3 is 2.60 bits per heavy atom. The molecule has 2 aromatic heterocycles. The number of nitrogens with two attached hydrogens (primary N) is 1. The molecule has 0 fully saturated rings. The van der Waals surface area contributed by atoms with Crippen LogP contribution in [-0.4, -0.2) is 19.9 Å². The molecule has 0 saturated heterocycles. The van der Waals surface area contributed by atoms with Crippen molar-refractivity contribution in [2.75, 3.05) is 11.1 Å². The molecule has 0 saturated carbocycles. The molecule has 0 aliphatic heterocycles. The lowest BCUT2D eigenvalue weighted by molar-refractivity contribution is 1.15. The first-order valence-corrected chi connectivity index (χ1v) is 4.44. The molecule has 0 spiro atoms. The van der Waals surface area contributed by atoms with Crippen molar-refractivity contribution in [2.24, 2.45) is 0 Å². The predicted molar refractivity (Wildman–Crippen MR) is 56.8 cm³/mol. The molecule has 0 aliphatic rings. The maximum absolute atomic E-state index is 5.71. The van der Waals surface area contributed by atoms with E-state index in [4.69, 9.17) is 17.3 Å². The highest BCUT2D eigenvalue weighted by Crippen LogP contribution is 2.16. The summed E-state index contributed by atoms with van der Waals surface area (Å²) in [7, 11) is 0. The molecule has 0 amide bonds. The highest BCUT2D eigenvalue weighted by molar-refractivity contribution is 6.29. The van der Waals surface area contributed by atoms with Crippen LogP contribution in [0.15, 0.2) is 24.8 Å². The van der Waals surface area contributed by atoms with Crippen LogP contribution in [0.1, 0.15) is 0 Å². The Morgan fingerprint density at radius 2 is 1.93 bits per heavy atom. The molecule has 15 heavy (non-hydrogen) atoms. The third-order valence-corrected chi connectivity index (χ3v) is 1.74. The first-order valence-electron chi connectivity index (χ1n) is 4.06. The molecule has 76 valence electrons. The molecule has 0 radical (unpaired) electrons. The topological polar surface area (TPSA) is 89.6 Å². The summed E-state index contributed by atoms with van der Waals surface area (Å²) in [6, 6.07) is 1.56. The molecule has 6 nitrogen and oxygen atoms in total. The van der Waals surface area contributed by atoms with Crippen LogP contribution in [-0.2, 0) is 0 Å². The summed E-state index contributed by atoms with van der Waals surface area (Å²) in [4.78, 5) is 15.4. The average Bonchev–Trinajstić information content (AvgIpc) is 2.17. The summed E-state index contributed by atoms with van der Waals surface area (Å²) in [6.45, 7) is 0. The van der Waals surface area contributed by atoms with Gasteiger partial charge in [0.05, 0.1) is 18.1 Å². The quantitative estimate of drug-likeness (QED) is 0.744. The van der Waals surface area contributed by atoms with Crippen LogP contribution in [0.4, 0.5) is 17.5 Å². The van der Waals surface area contributed by atoms with Crippen molar-refractivity contribution in [1.82, 2.24) is 19.9 Å². The minimum atomic E-state index is 0.113. The Balaban J connectivity index is 2.25. The van der Waals surface area contributed by atoms with E-state index in [9.17, 15) is 0 Å². The number of hydrogen-bond acceptors (Lipinski definition) is 6. The van der Waals surface area contributed by atoms with Crippen molar-refractivity contribution in [3.05, 3.63) is 29.9 Å². The SMILES string of the molecule is Nc1nc(Cl)cc(Nc2cncnc2)n1.